The number of nitro benzene ring substituents is 1. The number of hydrogen-bond acceptors (Lipinski definition) is 8. The van der Waals surface area contributed by atoms with Gasteiger partial charge in [0.05, 0.1) is 16.9 Å². The maximum absolute atomic E-state index is 12.3. The molecule has 0 fully saturated rings. The second-order valence-electron chi connectivity index (χ2n) is 5.94. The fourth-order valence-corrected chi connectivity index (χ4v) is 4.22. The zero-order valence-electron chi connectivity index (χ0n) is 15.6. The highest BCUT2D eigenvalue weighted by Crippen LogP contribution is 2.36. The Hall–Kier alpha value is -2.46. The van der Waals surface area contributed by atoms with E-state index in [0.29, 0.717) is 35.0 Å². The van der Waals surface area contributed by atoms with Gasteiger partial charge in [-0.05, 0) is 31.9 Å². The number of nitrogens with zero attached hydrogens (tertiary/aromatic N) is 2. The molecule has 1 aromatic carbocycles. The molecule has 0 saturated heterocycles. The summed E-state index contributed by atoms with van der Waals surface area (Å²) in [5.74, 6) is -0.611. The third-order valence-electron chi connectivity index (χ3n) is 3.78. The van der Waals surface area contributed by atoms with E-state index in [9.17, 15) is 19.7 Å². The summed E-state index contributed by atoms with van der Waals surface area (Å²) in [6, 6.07) is 4.43. The monoisotopic (exact) mass is 423 g/mol. The summed E-state index contributed by atoms with van der Waals surface area (Å²) in [4.78, 5) is 38.9. The van der Waals surface area contributed by atoms with E-state index < -0.39 is 4.92 Å². The fourth-order valence-electron chi connectivity index (χ4n) is 2.34. The summed E-state index contributed by atoms with van der Waals surface area (Å²) in [7, 11) is 1.35. The fraction of sp³-hybridized carbons (Fsp3) is 0.389. The molecule has 0 aliphatic rings. The summed E-state index contributed by atoms with van der Waals surface area (Å²) in [5, 5.41) is 16.0. The molecule has 0 atom stereocenters. The van der Waals surface area contributed by atoms with Crippen LogP contribution in [0.15, 0.2) is 32.8 Å². The molecular formula is C18H21N3O5S2. The quantitative estimate of drug-likeness (QED) is 0.266. The number of carbonyl (C=O) groups excluding carboxylic acids is 2. The van der Waals surface area contributed by atoms with Crippen LogP contribution in [0.2, 0.25) is 0 Å². The van der Waals surface area contributed by atoms with Crippen molar-refractivity contribution in [3.8, 4) is 0 Å². The Kier molecular flexibility index (Phi) is 8.40. The minimum Gasteiger partial charge on any atom is -0.469 e. The molecule has 0 spiro atoms. The molecule has 1 heterocycles. The summed E-state index contributed by atoms with van der Waals surface area (Å²) in [6.45, 7) is 2.29. The van der Waals surface area contributed by atoms with Gasteiger partial charge in [-0.15, -0.1) is 11.3 Å². The number of nitro groups is 1. The number of aryl methyl sites for hydroxylation is 1. The minimum absolute atomic E-state index is 0.122. The molecule has 0 aliphatic carbocycles. The number of hydrogen-bond donors (Lipinski definition) is 1. The van der Waals surface area contributed by atoms with Crippen molar-refractivity contribution in [3.63, 3.8) is 0 Å². The highest BCUT2D eigenvalue weighted by molar-refractivity contribution is 8.01. The number of benzene rings is 1. The van der Waals surface area contributed by atoms with Gasteiger partial charge in [-0.3, -0.25) is 19.7 Å². The SMILES string of the molecule is COC(=O)CCCCCNC(=O)c1ccc(Sc2nc(C)cs2)c([N+](=O)[O-])c1. The molecule has 1 amide bonds. The largest absolute Gasteiger partial charge is 0.469 e. The predicted octanol–water partition coefficient (Wildman–Crippen LogP) is 3.97. The number of methoxy groups -OCH3 is 1. The van der Waals surface area contributed by atoms with E-state index >= 15 is 0 Å². The Balaban J connectivity index is 1.92. The number of ether oxygens (including phenoxy) is 1. The van der Waals surface area contributed by atoms with Crippen molar-refractivity contribution in [2.75, 3.05) is 13.7 Å². The predicted molar refractivity (Wildman–Crippen MR) is 107 cm³/mol. The van der Waals surface area contributed by atoms with E-state index in [2.05, 4.69) is 15.0 Å². The highest BCUT2D eigenvalue weighted by atomic mass is 32.2. The Bertz CT molecular complexity index is 853. The van der Waals surface area contributed by atoms with Crippen molar-refractivity contribution in [1.82, 2.24) is 10.3 Å². The molecule has 8 nitrogen and oxygen atoms in total. The first-order chi connectivity index (χ1) is 13.4. The van der Waals surface area contributed by atoms with Crippen LogP contribution in [-0.2, 0) is 9.53 Å². The number of esters is 1. The van der Waals surface area contributed by atoms with Gasteiger partial charge in [-0.25, -0.2) is 4.98 Å². The average molecular weight is 424 g/mol. The number of thiazole rings is 1. The first-order valence-corrected chi connectivity index (χ1v) is 10.3. The minimum atomic E-state index is -0.494. The van der Waals surface area contributed by atoms with Crippen LogP contribution in [0.1, 0.15) is 41.7 Å². The molecule has 2 aromatic rings. The summed E-state index contributed by atoms with van der Waals surface area (Å²) in [5.41, 5.74) is 0.974. The number of carbonyl (C=O) groups is 2. The average Bonchev–Trinajstić information content (AvgIpc) is 3.08. The molecule has 150 valence electrons. The lowest BCUT2D eigenvalue weighted by Crippen LogP contribution is -2.24. The Morgan fingerprint density at radius 1 is 1.32 bits per heavy atom. The maximum atomic E-state index is 12.3. The number of rotatable bonds is 10. The van der Waals surface area contributed by atoms with Crippen LogP contribution >= 0.6 is 23.1 Å². The smallest absolute Gasteiger partial charge is 0.305 e. The topological polar surface area (TPSA) is 111 Å². The third kappa shape index (κ3) is 6.61. The van der Waals surface area contributed by atoms with Gasteiger partial charge in [0.2, 0.25) is 0 Å². The van der Waals surface area contributed by atoms with E-state index in [1.807, 2.05) is 12.3 Å². The molecular weight excluding hydrogens is 402 g/mol. The normalized spacial score (nSPS) is 10.5. The summed E-state index contributed by atoms with van der Waals surface area (Å²) in [6.07, 6.45) is 2.53. The molecule has 0 bridgehead atoms. The zero-order chi connectivity index (χ0) is 20.5. The lowest BCUT2D eigenvalue weighted by Gasteiger charge is -2.07. The van der Waals surface area contributed by atoms with Crippen molar-refractivity contribution >= 4 is 40.7 Å². The first-order valence-electron chi connectivity index (χ1n) is 8.64. The van der Waals surface area contributed by atoms with Gasteiger partial charge in [0, 0.05) is 35.7 Å². The van der Waals surface area contributed by atoms with Crippen LogP contribution < -0.4 is 5.32 Å². The first kappa shape index (κ1) is 21.8. The Labute approximate surface area is 170 Å². The molecule has 1 N–H and O–H groups in total. The highest BCUT2D eigenvalue weighted by Gasteiger charge is 2.19. The number of unbranched alkanes of at least 4 members (excludes halogenated alkanes) is 2. The molecule has 2 rings (SSSR count). The number of aromatic nitrogens is 1. The van der Waals surface area contributed by atoms with Crippen LogP contribution in [0.5, 0.6) is 0 Å². The van der Waals surface area contributed by atoms with E-state index in [1.54, 1.807) is 12.1 Å². The summed E-state index contributed by atoms with van der Waals surface area (Å²) < 4.78 is 5.28. The van der Waals surface area contributed by atoms with Gasteiger partial charge in [0.15, 0.2) is 4.34 Å². The molecule has 0 unspecified atom stereocenters. The second kappa shape index (κ2) is 10.8. The van der Waals surface area contributed by atoms with E-state index in [0.717, 1.165) is 12.1 Å². The third-order valence-corrected chi connectivity index (χ3v) is 5.91. The molecule has 0 radical (unpaired) electrons. The van der Waals surface area contributed by atoms with E-state index in [4.69, 9.17) is 0 Å². The van der Waals surface area contributed by atoms with Crippen molar-refractivity contribution in [3.05, 3.63) is 45.0 Å². The lowest BCUT2D eigenvalue weighted by molar-refractivity contribution is -0.387. The van der Waals surface area contributed by atoms with Crippen LogP contribution in [0.3, 0.4) is 0 Å². The van der Waals surface area contributed by atoms with Crippen molar-refractivity contribution in [2.24, 2.45) is 0 Å². The second-order valence-corrected chi connectivity index (χ2v) is 8.09. The van der Waals surface area contributed by atoms with Gasteiger partial charge in [-0.1, -0.05) is 18.2 Å². The number of nitrogens with one attached hydrogen (secondary N) is 1. The lowest BCUT2D eigenvalue weighted by atomic mass is 10.1. The zero-order valence-corrected chi connectivity index (χ0v) is 17.2. The van der Waals surface area contributed by atoms with Crippen LogP contribution in [-0.4, -0.2) is 35.4 Å². The van der Waals surface area contributed by atoms with Gasteiger partial charge >= 0.3 is 5.97 Å². The van der Waals surface area contributed by atoms with Gasteiger partial charge < -0.3 is 10.1 Å². The standard InChI is InChI=1S/C18H21N3O5S2/c1-12-11-27-18(20-12)28-15-8-7-13(10-14(15)21(24)25)17(23)19-9-5-3-4-6-16(22)26-2/h7-8,10-11H,3-6,9H2,1-2H3,(H,19,23). The van der Waals surface area contributed by atoms with Gasteiger partial charge in [-0.2, -0.15) is 0 Å². The summed E-state index contributed by atoms with van der Waals surface area (Å²) >= 11 is 2.63. The van der Waals surface area contributed by atoms with Gasteiger partial charge in [0.1, 0.15) is 0 Å². The van der Waals surface area contributed by atoms with Crippen molar-refractivity contribution in [2.45, 2.75) is 41.8 Å². The maximum Gasteiger partial charge on any atom is 0.305 e. The molecule has 0 aliphatic heterocycles. The van der Waals surface area contributed by atoms with Crippen molar-refractivity contribution in [1.29, 1.82) is 0 Å². The van der Waals surface area contributed by atoms with Crippen LogP contribution in [0.25, 0.3) is 0 Å². The molecule has 28 heavy (non-hydrogen) atoms. The number of amides is 1. The van der Waals surface area contributed by atoms with Crippen LogP contribution in [0.4, 0.5) is 5.69 Å². The molecule has 1 aromatic heterocycles. The van der Waals surface area contributed by atoms with E-state index in [-0.39, 0.29) is 23.1 Å². The molecule has 0 saturated carbocycles. The van der Waals surface area contributed by atoms with Gasteiger partial charge in [0.25, 0.3) is 11.6 Å². The Morgan fingerprint density at radius 3 is 2.75 bits per heavy atom. The van der Waals surface area contributed by atoms with Crippen LogP contribution in [0, 0.1) is 17.0 Å². The Morgan fingerprint density at radius 2 is 2.11 bits per heavy atom. The van der Waals surface area contributed by atoms with Crippen molar-refractivity contribution < 1.29 is 19.2 Å². The van der Waals surface area contributed by atoms with E-state index in [1.165, 1.54) is 36.3 Å². The molecule has 10 heteroatoms.